The van der Waals surface area contributed by atoms with Gasteiger partial charge in [-0.3, -0.25) is 4.79 Å². The second-order valence-corrected chi connectivity index (χ2v) is 4.20. The zero-order chi connectivity index (χ0) is 10.3. The first-order valence-corrected chi connectivity index (χ1v) is 5.00. The van der Waals surface area contributed by atoms with E-state index in [9.17, 15) is 4.79 Å². The van der Waals surface area contributed by atoms with Crippen LogP contribution in [0.5, 0.6) is 0 Å². The third-order valence-electron chi connectivity index (χ3n) is 2.35. The standard InChI is InChI=1S/C9H10BrN3O/c10-4-1-2-6-5(3-4)7(11)8(13-6)9(12)14/h1-3,7-8,13H,11H2,(H2,12,14). The van der Waals surface area contributed by atoms with Crippen LogP contribution < -0.4 is 16.8 Å². The maximum absolute atomic E-state index is 11.0. The molecule has 1 aromatic rings. The van der Waals surface area contributed by atoms with Crippen LogP contribution in [-0.4, -0.2) is 11.9 Å². The van der Waals surface area contributed by atoms with Crippen molar-refractivity contribution in [2.45, 2.75) is 12.1 Å². The van der Waals surface area contributed by atoms with Crippen molar-refractivity contribution in [3.05, 3.63) is 28.2 Å². The molecule has 5 N–H and O–H groups in total. The van der Waals surface area contributed by atoms with E-state index in [2.05, 4.69) is 21.2 Å². The van der Waals surface area contributed by atoms with Gasteiger partial charge in [0.25, 0.3) is 0 Å². The van der Waals surface area contributed by atoms with E-state index in [1.807, 2.05) is 18.2 Å². The van der Waals surface area contributed by atoms with E-state index >= 15 is 0 Å². The van der Waals surface area contributed by atoms with Gasteiger partial charge in [-0.05, 0) is 23.8 Å². The molecule has 1 aliphatic heterocycles. The Hall–Kier alpha value is -1.07. The summed E-state index contributed by atoms with van der Waals surface area (Å²) in [7, 11) is 0. The number of nitrogens with one attached hydrogen (secondary N) is 1. The van der Waals surface area contributed by atoms with Crippen LogP contribution in [0, 0.1) is 0 Å². The lowest BCUT2D eigenvalue weighted by molar-refractivity contribution is -0.119. The Bertz CT molecular complexity index is 394. The number of hydrogen-bond donors (Lipinski definition) is 3. The van der Waals surface area contributed by atoms with Crippen molar-refractivity contribution >= 4 is 27.5 Å². The first kappa shape index (κ1) is 9.48. The minimum absolute atomic E-state index is 0.361. The van der Waals surface area contributed by atoms with Gasteiger partial charge in [0.05, 0.1) is 6.04 Å². The number of hydrogen-bond acceptors (Lipinski definition) is 3. The van der Waals surface area contributed by atoms with Crippen molar-refractivity contribution in [2.24, 2.45) is 11.5 Å². The molecule has 0 spiro atoms. The lowest BCUT2D eigenvalue weighted by Gasteiger charge is -2.11. The molecule has 0 radical (unpaired) electrons. The molecule has 2 unspecified atom stereocenters. The number of carbonyl (C=O) groups is 1. The molecule has 0 aliphatic carbocycles. The van der Waals surface area contributed by atoms with E-state index in [1.165, 1.54) is 0 Å². The van der Waals surface area contributed by atoms with Crippen LogP contribution in [0.2, 0.25) is 0 Å². The van der Waals surface area contributed by atoms with Gasteiger partial charge < -0.3 is 16.8 Å². The number of benzene rings is 1. The first-order chi connectivity index (χ1) is 6.59. The summed E-state index contributed by atoms with van der Waals surface area (Å²) in [4.78, 5) is 11.0. The summed E-state index contributed by atoms with van der Waals surface area (Å²) < 4.78 is 0.943. The normalized spacial score (nSPS) is 24.1. The topological polar surface area (TPSA) is 81.1 Å². The van der Waals surface area contributed by atoms with E-state index in [1.54, 1.807) is 0 Å². The zero-order valence-electron chi connectivity index (χ0n) is 7.33. The number of fused-ring (bicyclic) bond motifs is 1. The lowest BCUT2D eigenvalue weighted by atomic mass is 10.0. The highest BCUT2D eigenvalue weighted by atomic mass is 79.9. The summed E-state index contributed by atoms with van der Waals surface area (Å²) in [6.07, 6.45) is 0. The van der Waals surface area contributed by atoms with Crippen LogP contribution >= 0.6 is 15.9 Å². The maximum Gasteiger partial charge on any atom is 0.241 e. The summed E-state index contributed by atoms with van der Waals surface area (Å²) in [5.41, 5.74) is 12.9. The first-order valence-electron chi connectivity index (χ1n) is 4.20. The van der Waals surface area contributed by atoms with Crippen LogP contribution in [0.15, 0.2) is 22.7 Å². The number of rotatable bonds is 1. The van der Waals surface area contributed by atoms with Gasteiger partial charge in [0.15, 0.2) is 0 Å². The molecule has 74 valence electrons. The minimum Gasteiger partial charge on any atom is -0.372 e. The highest BCUT2D eigenvalue weighted by Gasteiger charge is 2.32. The summed E-state index contributed by atoms with van der Waals surface area (Å²) in [6, 6.07) is 4.80. The molecule has 2 atom stereocenters. The Morgan fingerprint density at radius 2 is 2.21 bits per heavy atom. The lowest BCUT2D eigenvalue weighted by Crippen LogP contribution is -2.39. The quantitative estimate of drug-likeness (QED) is 0.692. The van der Waals surface area contributed by atoms with Gasteiger partial charge >= 0.3 is 0 Å². The van der Waals surface area contributed by atoms with Crippen LogP contribution in [-0.2, 0) is 4.79 Å². The van der Waals surface area contributed by atoms with Gasteiger partial charge in [-0.25, -0.2) is 0 Å². The number of primary amides is 1. The van der Waals surface area contributed by atoms with E-state index in [-0.39, 0.29) is 6.04 Å². The van der Waals surface area contributed by atoms with E-state index in [0.717, 1.165) is 15.7 Å². The molecule has 5 heteroatoms. The minimum atomic E-state index is -0.501. The smallest absolute Gasteiger partial charge is 0.241 e. The maximum atomic E-state index is 11.0. The predicted octanol–water partition coefficient (Wildman–Crippen LogP) is 0.728. The van der Waals surface area contributed by atoms with E-state index in [4.69, 9.17) is 11.5 Å². The van der Waals surface area contributed by atoms with Crippen molar-refractivity contribution in [3.8, 4) is 0 Å². The van der Waals surface area contributed by atoms with Crippen molar-refractivity contribution in [1.82, 2.24) is 0 Å². The fourth-order valence-electron chi connectivity index (χ4n) is 1.63. The molecule has 1 amide bonds. The van der Waals surface area contributed by atoms with Gasteiger partial charge in [0.2, 0.25) is 5.91 Å². The second-order valence-electron chi connectivity index (χ2n) is 3.28. The molecule has 0 bridgehead atoms. The zero-order valence-corrected chi connectivity index (χ0v) is 8.91. The molecule has 4 nitrogen and oxygen atoms in total. The van der Waals surface area contributed by atoms with Gasteiger partial charge in [0.1, 0.15) is 6.04 Å². The highest BCUT2D eigenvalue weighted by molar-refractivity contribution is 9.10. The van der Waals surface area contributed by atoms with Crippen molar-refractivity contribution < 1.29 is 4.79 Å². The van der Waals surface area contributed by atoms with Crippen LogP contribution in [0.1, 0.15) is 11.6 Å². The summed E-state index contributed by atoms with van der Waals surface area (Å²) >= 11 is 3.35. The number of anilines is 1. The third kappa shape index (κ3) is 1.38. The largest absolute Gasteiger partial charge is 0.372 e. The monoisotopic (exact) mass is 255 g/mol. The Morgan fingerprint density at radius 3 is 2.86 bits per heavy atom. The van der Waals surface area contributed by atoms with Crippen molar-refractivity contribution in [3.63, 3.8) is 0 Å². The van der Waals surface area contributed by atoms with Crippen molar-refractivity contribution in [1.29, 1.82) is 0 Å². The summed E-state index contributed by atoms with van der Waals surface area (Å²) in [5, 5.41) is 2.99. The third-order valence-corrected chi connectivity index (χ3v) is 2.84. The summed E-state index contributed by atoms with van der Waals surface area (Å²) in [6.45, 7) is 0. The van der Waals surface area contributed by atoms with Gasteiger partial charge in [0, 0.05) is 10.2 Å². The Kier molecular flexibility index (Phi) is 2.20. The average molecular weight is 256 g/mol. The Labute approximate surface area is 89.8 Å². The molecular weight excluding hydrogens is 246 g/mol. The molecule has 14 heavy (non-hydrogen) atoms. The van der Waals surface area contributed by atoms with Crippen LogP contribution in [0.25, 0.3) is 0 Å². The van der Waals surface area contributed by atoms with Crippen LogP contribution in [0.3, 0.4) is 0 Å². The number of halogens is 1. The van der Waals surface area contributed by atoms with E-state index in [0.29, 0.717) is 0 Å². The number of amides is 1. The molecule has 0 aromatic heterocycles. The fraction of sp³-hybridized carbons (Fsp3) is 0.222. The molecule has 2 rings (SSSR count). The second kappa shape index (κ2) is 3.25. The number of carbonyl (C=O) groups excluding carboxylic acids is 1. The Morgan fingerprint density at radius 1 is 1.50 bits per heavy atom. The van der Waals surface area contributed by atoms with Crippen molar-refractivity contribution in [2.75, 3.05) is 5.32 Å². The molecule has 1 aromatic carbocycles. The number of nitrogens with two attached hydrogens (primary N) is 2. The molecule has 1 heterocycles. The fourth-order valence-corrected chi connectivity index (χ4v) is 2.00. The average Bonchev–Trinajstić information content (AvgIpc) is 2.44. The van der Waals surface area contributed by atoms with Gasteiger partial charge in [-0.15, -0.1) is 0 Å². The van der Waals surface area contributed by atoms with Gasteiger partial charge in [-0.2, -0.15) is 0 Å². The predicted molar refractivity (Wildman–Crippen MR) is 57.7 cm³/mol. The summed E-state index contributed by atoms with van der Waals surface area (Å²) in [5.74, 6) is -0.426. The Balaban J connectivity index is 2.41. The highest BCUT2D eigenvalue weighted by Crippen LogP contribution is 2.34. The van der Waals surface area contributed by atoms with Gasteiger partial charge in [-0.1, -0.05) is 15.9 Å². The molecular formula is C9H10BrN3O. The SMILES string of the molecule is NC(=O)C1Nc2ccc(Br)cc2C1N. The molecule has 1 aliphatic rings. The molecule has 0 fully saturated rings. The van der Waals surface area contributed by atoms with Crippen LogP contribution in [0.4, 0.5) is 5.69 Å². The molecule has 0 saturated carbocycles. The van der Waals surface area contributed by atoms with E-state index < -0.39 is 11.9 Å². The molecule has 0 saturated heterocycles.